The quantitative estimate of drug-likeness (QED) is 0.904. The average Bonchev–Trinajstić information content (AvgIpc) is 2.50. The van der Waals surface area contributed by atoms with Gasteiger partial charge in [-0.15, -0.1) is 0 Å². The molecule has 1 aliphatic heterocycles. The Hall–Kier alpha value is -1.84. The van der Waals surface area contributed by atoms with Crippen LogP contribution in [0.5, 0.6) is 5.75 Å². The fraction of sp³-hybridized carbons (Fsp3) is 0.400. The standard InChI is InChI=1S/C20H24O3/c1-13-3-6-16(20-12-19(22)9-14(2)23-20)11-17(13)10-15-4-7-18(21)8-5-15/h3-8,11,14,19-22H,9-10,12H2,1-2H3. The van der Waals surface area contributed by atoms with E-state index in [1.54, 1.807) is 12.1 Å². The third-order valence-corrected chi connectivity index (χ3v) is 4.56. The van der Waals surface area contributed by atoms with Crippen molar-refractivity contribution in [2.75, 3.05) is 0 Å². The van der Waals surface area contributed by atoms with E-state index in [0.717, 1.165) is 12.0 Å². The van der Waals surface area contributed by atoms with Gasteiger partial charge in [0.15, 0.2) is 0 Å². The number of phenols is 1. The predicted octanol–water partition coefficient (Wildman–Crippen LogP) is 3.89. The van der Waals surface area contributed by atoms with Crippen molar-refractivity contribution in [2.24, 2.45) is 0 Å². The van der Waals surface area contributed by atoms with Crippen LogP contribution in [0.2, 0.25) is 0 Å². The average molecular weight is 312 g/mol. The van der Waals surface area contributed by atoms with Crippen LogP contribution in [0, 0.1) is 6.92 Å². The molecule has 1 saturated heterocycles. The predicted molar refractivity (Wildman–Crippen MR) is 90.6 cm³/mol. The number of aliphatic hydroxyl groups excluding tert-OH is 1. The van der Waals surface area contributed by atoms with Crippen LogP contribution < -0.4 is 0 Å². The SMILES string of the molecule is Cc1ccc(C2CC(O)CC(C)O2)cc1Cc1ccc(O)cc1. The molecule has 1 fully saturated rings. The smallest absolute Gasteiger partial charge is 0.115 e. The lowest BCUT2D eigenvalue weighted by Gasteiger charge is -2.32. The molecule has 23 heavy (non-hydrogen) atoms. The first-order valence-electron chi connectivity index (χ1n) is 8.22. The summed E-state index contributed by atoms with van der Waals surface area (Å²) in [6.07, 6.45) is 1.96. The molecule has 1 heterocycles. The van der Waals surface area contributed by atoms with E-state index in [2.05, 4.69) is 25.1 Å². The Morgan fingerprint density at radius 3 is 2.52 bits per heavy atom. The number of aliphatic hydroxyl groups is 1. The highest BCUT2D eigenvalue weighted by atomic mass is 16.5. The van der Waals surface area contributed by atoms with Crippen LogP contribution >= 0.6 is 0 Å². The van der Waals surface area contributed by atoms with E-state index in [9.17, 15) is 10.2 Å². The Labute approximate surface area is 137 Å². The van der Waals surface area contributed by atoms with E-state index in [4.69, 9.17) is 4.74 Å². The van der Waals surface area contributed by atoms with Crippen molar-refractivity contribution < 1.29 is 14.9 Å². The van der Waals surface area contributed by atoms with Crippen molar-refractivity contribution in [2.45, 2.75) is 51.4 Å². The first-order chi connectivity index (χ1) is 11.0. The van der Waals surface area contributed by atoms with Crippen LogP contribution in [0.3, 0.4) is 0 Å². The van der Waals surface area contributed by atoms with Crippen LogP contribution in [0.25, 0.3) is 0 Å². The van der Waals surface area contributed by atoms with Crippen LogP contribution in [0.4, 0.5) is 0 Å². The molecule has 3 nitrogen and oxygen atoms in total. The van der Waals surface area contributed by atoms with Crippen molar-refractivity contribution in [3.63, 3.8) is 0 Å². The minimum Gasteiger partial charge on any atom is -0.508 e. The molecular weight excluding hydrogens is 288 g/mol. The molecule has 2 aromatic carbocycles. The number of phenolic OH excluding ortho intramolecular Hbond substituents is 1. The van der Waals surface area contributed by atoms with E-state index in [1.165, 1.54) is 16.7 Å². The fourth-order valence-electron chi connectivity index (χ4n) is 3.25. The number of aryl methyl sites for hydroxylation is 1. The van der Waals surface area contributed by atoms with Crippen molar-refractivity contribution in [1.29, 1.82) is 0 Å². The van der Waals surface area contributed by atoms with Crippen molar-refractivity contribution in [3.8, 4) is 5.75 Å². The number of aromatic hydroxyl groups is 1. The van der Waals surface area contributed by atoms with E-state index in [1.807, 2.05) is 19.1 Å². The maximum Gasteiger partial charge on any atom is 0.115 e. The number of rotatable bonds is 3. The molecule has 0 aromatic heterocycles. The van der Waals surface area contributed by atoms with E-state index in [0.29, 0.717) is 12.8 Å². The van der Waals surface area contributed by atoms with Crippen molar-refractivity contribution in [1.82, 2.24) is 0 Å². The summed E-state index contributed by atoms with van der Waals surface area (Å²) in [7, 11) is 0. The highest BCUT2D eigenvalue weighted by Gasteiger charge is 2.27. The molecule has 3 rings (SSSR count). The molecule has 0 saturated carbocycles. The maximum absolute atomic E-state index is 9.99. The molecule has 2 aromatic rings. The van der Waals surface area contributed by atoms with Crippen LogP contribution in [0.1, 0.15) is 48.1 Å². The summed E-state index contributed by atoms with van der Waals surface area (Å²) in [6, 6.07) is 13.8. The van der Waals surface area contributed by atoms with E-state index < -0.39 is 0 Å². The third kappa shape index (κ3) is 3.92. The normalized spacial score (nSPS) is 24.6. The molecular formula is C20H24O3. The summed E-state index contributed by atoms with van der Waals surface area (Å²) in [5, 5.41) is 19.4. The lowest BCUT2D eigenvalue weighted by molar-refractivity contribution is -0.0895. The molecule has 2 N–H and O–H groups in total. The van der Waals surface area contributed by atoms with Gasteiger partial charge in [-0.3, -0.25) is 0 Å². The summed E-state index contributed by atoms with van der Waals surface area (Å²) in [6.45, 7) is 4.12. The first kappa shape index (κ1) is 16.0. The van der Waals surface area contributed by atoms with Crippen LogP contribution in [-0.2, 0) is 11.2 Å². The molecule has 3 atom stereocenters. The first-order valence-corrected chi connectivity index (χ1v) is 8.22. The molecule has 3 unspecified atom stereocenters. The number of ether oxygens (including phenoxy) is 1. The lowest BCUT2D eigenvalue weighted by Crippen LogP contribution is -2.29. The third-order valence-electron chi connectivity index (χ3n) is 4.56. The van der Waals surface area contributed by atoms with Gasteiger partial charge in [-0.05, 0) is 61.1 Å². The van der Waals surface area contributed by atoms with Crippen LogP contribution in [0.15, 0.2) is 42.5 Å². The van der Waals surface area contributed by atoms with E-state index in [-0.39, 0.29) is 24.1 Å². The maximum atomic E-state index is 9.99. The highest BCUT2D eigenvalue weighted by molar-refractivity contribution is 5.37. The minimum absolute atomic E-state index is 0.0343. The summed E-state index contributed by atoms with van der Waals surface area (Å²) in [5.41, 5.74) is 4.80. The number of hydrogen-bond acceptors (Lipinski definition) is 3. The van der Waals surface area contributed by atoms with Crippen LogP contribution in [-0.4, -0.2) is 22.4 Å². The molecule has 0 bridgehead atoms. The Kier molecular flexibility index (Phi) is 4.69. The second-order valence-electron chi connectivity index (χ2n) is 6.59. The Balaban J connectivity index is 1.82. The Morgan fingerprint density at radius 2 is 1.83 bits per heavy atom. The summed E-state index contributed by atoms with van der Waals surface area (Å²) >= 11 is 0. The van der Waals surface area contributed by atoms with Gasteiger partial charge in [0.25, 0.3) is 0 Å². The van der Waals surface area contributed by atoms with Gasteiger partial charge in [-0.1, -0.05) is 30.3 Å². The molecule has 122 valence electrons. The van der Waals surface area contributed by atoms with Gasteiger partial charge < -0.3 is 14.9 Å². The second kappa shape index (κ2) is 6.73. The molecule has 0 radical (unpaired) electrons. The van der Waals surface area contributed by atoms with Gasteiger partial charge >= 0.3 is 0 Å². The number of benzene rings is 2. The zero-order valence-electron chi connectivity index (χ0n) is 13.7. The molecule has 1 aliphatic rings. The molecule has 0 spiro atoms. The van der Waals surface area contributed by atoms with Gasteiger partial charge in [0.1, 0.15) is 5.75 Å². The van der Waals surface area contributed by atoms with Crippen molar-refractivity contribution in [3.05, 3.63) is 64.7 Å². The zero-order valence-corrected chi connectivity index (χ0v) is 13.7. The topological polar surface area (TPSA) is 49.7 Å². The van der Waals surface area contributed by atoms with E-state index >= 15 is 0 Å². The monoisotopic (exact) mass is 312 g/mol. The van der Waals surface area contributed by atoms with Gasteiger partial charge in [-0.2, -0.15) is 0 Å². The Morgan fingerprint density at radius 1 is 1.09 bits per heavy atom. The molecule has 3 heteroatoms. The second-order valence-corrected chi connectivity index (χ2v) is 6.59. The van der Waals surface area contributed by atoms with Crippen molar-refractivity contribution >= 4 is 0 Å². The Bertz CT molecular complexity index is 653. The minimum atomic E-state index is -0.286. The van der Waals surface area contributed by atoms with Gasteiger partial charge in [-0.25, -0.2) is 0 Å². The van der Waals surface area contributed by atoms with Gasteiger partial charge in [0.2, 0.25) is 0 Å². The largest absolute Gasteiger partial charge is 0.508 e. The summed E-state index contributed by atoms with van der Waals surface area (Å²) in [4.78, 5) is 0. The highest BCUT2D eigenvalue weighted by Crippen LogP contribution is 2.32. The van der Waals surface area contributed by atoms with Gasteiger partial charge in [0.05, 0.1) is 18.3 Å². The molecule has 0 amide bonds. The number of hydrogen-bond donors (Lipinski definition) is 2. The zero-order chi connectivity index (χ0) is 16.4. The summed E-state index contributed by atoms with van der Waals surface area (Å²) < 4.78 is 6.01. The molecule has 0 aliphatic carbocycles. The fourth-order valence-corrected chi connectivity index (χ4v) is 3.25. The van der Waals surface area contributed by atoms with Gasteiger partial charge in [0, 0.05) is 6.42 Å². The summed E-state index contributed by atoms with van der Waals surface area (Å²) in [5.74, 6) is 0.290. The lowest BCUT2D eigenvalue weighted by atomic mass is 9.92.